The van der Waals surface area contributed by atoms with Gasteiger partial charge in [-0.25, -0.2) is 0 Å². The molecule has 4 nitrogen and oxygen atoms in total. The van der Waals surface area contributed by atoms with E-state index in [1.165, 1.54) is 11.8 Å². The van der Waals surface area contributed by atoms with E-state index in [1.807, 2.05) is 48.5 Å². The largest absolute Gasteiger partial charge is 0.455 e. The van der Waals surface area contributed by atoms with E-state index < -0.39 is 18.5 Å². The lowest BCUT2D eigenvalue weighted by Crippen LogP contribution is -2.22. The van der Waals surface area contributed by atoms with Crippen molar-refractivity contribution in [2.75, 3.05) is 11.9 Å². The van der Waals surface area contributed by atoms with Crippen LogP contribution in [0.5, 0.6) is 0 Å². The number of halogens is 2. The van der Waals surface area contributed by atoms with E-state index in [-0.39, 0.29) is 6.42 Å². The average Bonchev–Trinajstić information content (AvgIpc) is 2.71. The van der Waals surface area contributed by atoms with Crippen molar-refractivity contribution in [3.05, 3.63) is 88.4 Å². The quantitative estimate of drug-likeness (QED) is 0.462. The molecule has 0 aliphatic carbocycles. The third-order valence-electron chi connectivity index (χ3n) is 3.88. The van der Waals surface area contributed by atoms with Crippen LogP contribution in [0.3, 0.4) is 0 Å². The lowest BCUT2D eigenvalue weighted by molar-refractivity contribution is -0.146. The summed E-state index contributed by atoms with van der Waals surface area (Å²) in [6, 6.07) is 22.3. The maximum Gasteiger partial charge on any atom is 0.310 e. The van der Waals surface area contributed by atoms with Gasteiger partial charge in [0.1, 0.15) is 0 Å². The zero-order valence-corrected chi connectivity index (χ0v) is 17.6. The maximum atomic E-state index is 12.3. The van der Waals surface area contributed by atoms with Crippen molar-refractivity contribution in [1.82, 2.24) is 0 Å². The van der Waals surface area contributed by atoms with Crippen molar-refractivity contribution in [2.45, 2.75) is 16.2 Å². The number of esters is 1. The minimum absolute atomic E-state index is 0.105. The number of anilines is 1. The molecule has 7 heteroatoms. The van der Waals surface area contributed by atoms with E-state index in [2.05, 4.69) is 5.32 Å². The molecule has 148 valence electrons. The van der Waals surface area contributed by atoms with Crippen molar-refractivity contribution in [3.63, 3.8) is 0 Å². The fraction of sp³-hybridized carbons (Fsp3) is 0.0909. The van der Waals surface area contributed by atoms with Gasteiger partial charge in [0.25, 0.3) is 5.91 Å². The summed E-state index contributed by atoms with van der Waals surface area (Å²) < 4.78 is 5.07. The Morgan fingerprint density at radius 3 is 2.24 bits per heavy atom. The average molecular weight is 446 g/mol. The molecule has 0 aromatic heterocycles. The molecule has 0 bridgehead atoms. The highest BCUT2D eigenvalue weighted by molar-refractivity contribution is 7.99. The zero-order valence-electron chi connectivity index (χ0n) is 15.2. The number of carbonyl (C=O) groups excluding carboxylic acids is 2. The number of hydrogen-bond donors (Lipinski definition) is 1. The molecule has 3 aromatic rings. The normalized spacial score (nSPS) is 10.4. The highest BCUT2D eigenvalue weighted by Crippen LogP contribution is 2.33. The highest BCUT2D eigenvalue weighted by atomic mass is 35.5. The van der Waals surface area contributed by atoms with Crippen molar-refractivity contribution in [2.24, 2.45) is 0 Å². The van der Waals surface area contributed by atoms with Crippen molar-refractivity contribution < 1.29 is 14.3 Å². The van der Waals surface area contributed by atoms with Gasteiger partial charge < -0.3 is 10.1 Å². The monoisotopic (exact) mass is 445 g/mol. The second kappa shape index (κ2) is 10.3. The van der Waals surface area contributed by atoms with Crippen molar-refractivity contribution in [1.29, 1.82) is 0 Å². The Kier molecular flexibility index (Phi) is 7.58. The van der Waals surface area contributed by atoms with Gasteiger partial charge in [-0.2, -0.15) is 0 Å². The fourth-order valence-electron chi connectivity index (χ4n) is 2.50. The molecule has 0 saturated heterocycles. The van der Waals surface area contributed by atoms with Gasteiger partial charge in [0, 0.05) is 25.4 Å². The number of benzene rings is 3. The molecular formula is C22H17Cl2NO3S. The van der Waals surface area contributed by atoms with Gasteiger partial charge in [-0.1, -0.05) is 71.4 Å². The van der Waals surface area contributed by atoms with Crippen LogP contribution in [-0.4, -0.2) is 18.5 Å². The molecule has 0 saturated carbocycles. The van der Waals surface area contributed by atoms with Gasteiger partial charge in [0.15, 0.2) is 6.61 Å². The number of para-hydroxylation sites is 1. The van der Waals surface area contributed by atoms with Crippen LogP contribution in [-0.2, 0) is 20.7 Å². The third-order valence-corrected chi connectivity index (χ3v) is 5.67. The third kappa shape index (κ3) is 6.26. The van der Waals surface area contributed by atoms with E-state index in [1.54, 1.807) is 24.3 Å². The van der Waals surface area contributed by atoms with Gasteiger partial charge in [0.05, 0.1) is 12.1 Å². The molecule has 0 aliphatic heterocycles. The number of amides is 1. The Hall–Kier alpha value is -2.47. The van der Waals surface area contributed by atoms with Gasteiger partial charge in [-0.05, 0) is 36.4 Å². The summed E-state index contributed by atoms with van der Waals surface area (Å²) in [6.07, 6.45) is -0.105. The van der Waals surface area contributed by atoms with E-state index in [0.717, 1.165) is 9.79 Å². The minimum atomic E-state index is -0.581. The zero-order chi connectivity index (χ0) is 20.6. The van der Waals surface area contributed by atoms with E-state index in [9.17, 15) is 9.59 Å². The molecule has 0 unspecified atom stereocenters. The number of rotatable bonds is 7. The molecule has 0 heterocycles. The molecule has 0 radical (unpaired) electrons. The molecular weight excluding hydrogens is 429 g/mol. The van der Waals surface area contributed by atoms with Gasteiger partial charge in [-0.15, -0.1) is 0 Å². The van der Waals surface area contributed by atoms with Crippen LogP contribution < -0.4 is 5.32 Å². The summed E-state index contributed by atoms with van der Waals surface area (Å²) in [6.45, 7) is -0.398. The Morgan fingerprint density at radius 1 is 0.862 bits per heavy atom. The van der Waals surface area contributed by atoms with Crippen LogP contribution in [0.25, 0.3) is 0 Å². The smallest absolute Gasteiger partial charge is 0.310 e. The number of hydrogen-bond acceptors (Lipinski definition) is 4. The standard InChI is InChI=1S/C22H17Cl2NO3S/c23-17-9-6-10-18(24)16(17)13-22(27)28-14-21(26)25-19-11-4-5-12-20(19)29-15-7-2-1-3-8-15/h1-12H,13-14H2,(H,25,26). The molecule has 0 aliphatic rings. The lowest BCUT2D eigenvalue weighted by Gasteiger charge is -2.11. The van der Waals surface area contributed by atoms with Crippen LogP contribution in [0.2, 0.25) is 10.0 Å². The summed E-state index contributed by atoms with van der Waals surface area (Å²) in [7, 11) is 0. The summed E-state index contributed by atoms with van der Waals surface area (Å²) in [5, 5.41) is 3.54. The SMILES string of the molecule is O=C(COC(=O)Cc1c(Cl)cccc1Cl)Nc1ccccc1Sc1ccccc1. The van der Waals surface area contributed by atoms with Gasteiger partial charge in [-0.3, -0.25) is 9.59 Å². The number of ether oxygens (including phenoxy) is 1. The lowest BCUT2D eigenvalue weighted by atomic mass is 10.1. The fourth-order valence-corrected chi connectivity index (χ4v) is 3.96. The molecule has 0 fully saturated rings. The van der Waals surface area contributed by atoms with Crippen LogP contribution in [0, 0.1) is 0 Å². The topological polar surface area (TPSA) is 55.4 Å². The molecule has 1 N–H and O–H groups in total. The Bertz CT molecular complexity index is 992. The van der Waals surface area contributed by atoms with E-state index >= 15 is 0 Å². The number of carbonyl (C=O) groups is 2. The summed E-state index contributed by atoms with van der Waals surface area (Å²) >= 11 is 13.6. The van der Waals surface area contributed by atoms with Crippen LogP contribution in [0.15, 0.2) is 82.6 Å². The first kappa shape index (κ1) is 21.2. The van der Waals surface area contributed by atoms with Crippen molar-refractivity contribution >= 4 is 52.5 Å². The van der Waals surface area contributed by atoms with Crippen LogP contribution in [0.4, 0.5) is 5.69 Å². The second-order valence-corrected chi connectivity index (χ2v) is 7.93. The number of nitrogens with one attached hydrogen (secondary N) is 1. The highest BCUT2D eigenvalue weighted by Gasteiger charge is 2.14. The maximum absolute atomic E-state index is 12.3. The first-order chi connectivity index (χ1) is 14.0. The summed E-state index contributed by atoms with van der Waals surface area (Å²) in [4.78, 5) is 26.3. The van der Waals surface area contributed by atoms with Crippen LogP contribution in [0.1, 0.15) is 5.56 Å². The van der Waals surface area contributed by atoms with Gasteiger partial charge in [0.2, 0.25) is 0 Å². The van der Waals surface area contributed by atoms with Crippen LogP contribution >= 0.6 is 35.0 Å². The molecule has 0 atom stereocenters. The Balaban J connectivity index is 1.56. The first-order valence-electron chi connectivity index (χ1n) is 8.73. The second-order valence-electron chi connectivity index (χ2n) is 6.00. The van der Waals surface area contributed by atoms with E-state index in [0.29, 0.717) is 21.3 Å². The predicted octanol–water partition coefficient (Wildman–Crippen LogP) is 5.87. The molecule has 1 amide bonds. The molecule has 0 spiro atoms. The predicted molar refractivity (Wildman–Crippen MR) is 117 cm³/mol. The molecule has 29 heavy (non-hydrogen) atoms. The Labute approximate surface area is 183 Å². The summed E-state index contributed by atoms with van der Waals surface area (Å²) in [5.41, 5.74) is 1.13. The van der Waals surface area contributed by atoms with E-state index in [4.69, 9.17) is 27.9 Å². The molecule has 3 rings (SSSR count). The Morgan fingerprint density at radius 2 is 1.52 bits per heavy atom. The first-order valence-corrected chi connectivity index (χ1v) is 10.3. The minimum Gasteiger partial charge on any atom is -0.455 e. The van der Waals surface area contributed by atoms with Crippen molar-refractivity contribution in [3.8, 4) is 0 Å². The summed E-state index contributed by atoms with van der Waals surface area (Å²) in [5.74, 6) is -1.01. The molecule has 3 aromatic carbocycles. The van der Waals surface area contributed by atoms with Gasteiger partial charge >= 0.3 is 5.97 Å².